The maximum absolute atomic E-state index is 13.6. The highest BCUT2D eigenvalue weighted by atomic mass is 19.1. The molecule has 16 aliphatic carbocycles. The summed E-state index contributed by atoms with van der Waals surface area (Å²) in [5, 5.41) is 65.9. The summed E-state index contributed by atoms with van der Waals surface area (Å²) in [7, 11) is 0. The molecule has 133 heavy (non-hydrogen) atoms. The van der Waals surface area contributed by atoms with Crippen LogP contribution in [0.3, 0.4) is 0 Å². The first-order valence-corrected chi connectivity index (χ1v) is 52.1. The molecular formula is C108H143F5N12O8. The number of pyridine rings is 3. The number of ketones is 4. The molecular weight excluding hydrogens is 1690 g/mol. The zero-order valence-corrected chi connectivity index (χ0v) is 78.8. The average Bonchev–Trinajstić information content (AvgIpc) is 1.64. The molecule has 4 N–H and O–H groups in total. The van der Waals surface area contributed by atoms with E-state index < -0.39 is 49.1 Å². The molecule has 0 aliphatic heterocycles. The van der Waals surface area contributed by atoms with E-state index in [2.05, 4.69) is 68.3 Å². The van der Waals surface area contributed by atoms with Crippen LogP contribution in [0, 0.1) is 170 Å². The van der Waals surface area contributed by atoms with Gasteiger partial charge in [0.25, 0.3) is 0 Å². The van der Waals surface area contributed by atoms with Gasteiger partial charge in [0.2, 0.25) is 0 Å². The Labute approximate surface area is 779 Å². The van der Waals surface area contributed by atoms with Crippen molar-refractivity contribution in [1.29, 1.82) is 0 Å². The molecule has 0 amide bonds. The van der Waals surface area contributed by atoms with E-state index in [0.29, 0.717) is 218 Å². The second-order valence-electron chi connectivity index (χ2n) is 47.8. The van der Waals surface area contributed by atoms with Gasteiger partial charge in [-0.05, 0) is 408 Å². The summed E-state index contributed by atoms with van der Waals surface area (Å²) >= 11 is 0. The third-order valence-electron chi connectivity index (χ3n) is 41.9. The lowest BCUT2D eigenvalue weighted by atomic mass is 9.49. The number of hydrogen-bond donors (Lipinski definition) is 4. The fourth-order valence-corrected chi connectivity index (χ4v) is 35.6. The normalized spacial score (nSPS) is 42.3. The molecule has 718 valence electrons. The van der Waals surface area contributed by atoms with E-state index in [4.69, 9.17) is 0 Å². The number of alkyl halides is 4. The van der Waals surface area contributed by atoms with Crippen LogP contribution in [0.15, 0.2) is 92.0 Å². The first-order valence-electron chi connectivity index (χ1n) is 52.1. The van der Waals surface area contributed by atoms with Gasteiger partial charge < -0.3 is 20.4 Å². The lowest BCUT2D eigenvalue weighted by molar-refractivity contribution is -0.134. The van der Waals surface area contributed by atoms with Crippen molar-refractivity contribution in [1.82, 2.24) is 59.3 Å². The number of hydrogen-bond acceptors (Lipinski definition) is 16. The second-order valence-corrected chi connectivity index (χ2v) is 47.8. The third-order valence-corrected chi connectivity index (χ3v) is 41.9. The summed E-state index contributed by atoms with van der Waals surface area (Å²) in [6, 6.07) is 12.1. The van der Waals surface area contributed by atoms with Crippen molar-refractivity contribution in [3.8, 4) is 0 Å². The lowest BCUT2D eigenvalue weighted by Crippen LogP contribution is -2.52. The van der Waals surface area contributed by atoms with Crippen LogP contribution in [0.2, 0.25) is 0 Å². The van der Waals surface area contributed by atoms with Gasteiger partial charge in [-0.25, -0.2) is 26.6 Å². The summed E-state index contributed by atoms with van der Waals surface area (Å²) in [6.45, 7) is 8.30. The summed E-state index contributed by atoms with van der Waals surface area (Å²) in [5.41, 5.74) is 0.662. The first-order chi connectivity index (χ1) is 64.0. The minimum atomic E-state index is -1.10. The molecule has 16 fully saturated rings. The van der Waals surface area contributed by atoms with Crippen LogP contribution in [0.4, 0.5) is 22.0 Å². The van der Waals surface area contributed by atoms with Gasteiger partial charge in [0.05, 0.1) is 70.3 Å². The number of carbonyl (C=O) groups excluding carboxylic acids is 4. The Morgan fingerprint density at radius 2 is 0.737 bits per heavy atom. The molecule has 7 heterocycles. The molecule has 0 unspecified atom stereocenters. The van der Waals surface area contributed by atoms with Gasteiger partial charge in [0.1, 0.15) is 68.7 Å². The third kappa shape index (κ3) is 16.4. The maximum atomic E-state index is 13.6. The van der Waals surface area contributed by atoms with Gasteiger partial charge in [-0.1, -0.05) is 32.9 Å². The number of carbonyl (C=O) groups is 4. The Balaban J connectivity index is 0.000000107. The zero-order chi connectivity index (χ0) is 92.0. The van der Waals surface area contributed by atoms with Crippen LogP contribution in [0.5, 0.6) is 0 Å². The number of aliphatic hydroxyl groups is 4. The second kappa shape index (κ2) is 35.8. The minimum Gasteiger partial charge on any atom is -0.387 e. The molecule has 32 atom stereocenters. The van der Waals surface area contributed by atoms with Crippen LogP contribution < -0.4 is 0 Å². The molecule has 20 nitrogen and oxygen atoms in total. The molecule has 16 aliphatic rings. The fraction of sp³-hybridized carbons (Fsp3) is 0.741. The van der Waals surface area contributed by atoms with E-state index in [1.807, 2.05) is 46.0 Å². The van der Waals surface area contributed by atoms with E-state index in [1.54, 1.807) is 52.6 Å². The number of nitrogens with zero attached hydrogens (tertiary/aromatic N) is 12. The average molecular weight is 1830 g/mol. The molecule has 7 aromatic heterocycles. The molecule has 1 aromatic carbocycles. The quantitative estimate of drug-likeness (QED) is 0.0655. The highest BCUT2D eigenvalue weighted by Gasteiger charge is 2.65. The van der Waals surface area contributed by atoms with E-state index in [1.165, 1.54) is 50.7 Å². The monoisotopic (exact) mass is 1830 g/mol. The summed E-state index contributed by atoms with van der Waals surface area (Å²) in [4.78, 5) is 66.9. The smallest absolute Gasteiger partial charge is 0.157 e. The standard InChI is InChI=1S/C27H35F2N3O2.3C27H36FN3O2/c1-26-10-8-19-18-9-11-27(34,15-28)13-16(18)2-4-20(19)21(26)5-6-22(26)25(33)14-32-24-7-3-17(29)12-23(24)30-31-32;1-26-9-6-20-19-7-10-27(33,16-28)12-17(19)2-3-21(20)22(26)4-5-23(26)25(32)15-31-14-18-8-11-29-13-24(18)30-31;1-26-9-6-20-19-7-10-27(33,16-28)12-17(19)2-3-21(20)22(26)4-5-23(26)25(32)15-31-24-14-29-11-8-18(24)13-30-31;1-26-10-8-19-18-9-11-27(33,16-28)13-17(18)4-5-20(19)21(26)6-7-22(26)25(32)15-31-24-3-2-12-29-23(24)14-30-31/h3,7,12,16,18-22,34H,2,4-6,8-11,13-15H2,1H3;2*8,11,13-14,17,19-23,33H,2-7,9-10,12,15-16H2,1H3;2-3,12,14,17-22,33H,4-11,13,15-16H2,1H3/t16-,18+,19-,20-,21+,22-,26+,27-;2*17-,19+,20-,21-,22+,23-,26+,27-;17-,18+,19-,20-,21+,22-,26+,27-/m1111/s1. The van der Waals surface area contributed by atoms with E-state index in [9.17, 15) is 61.6 Å². The molecule has 0 saturated heterocycles. The lowest BCUT2D eigenvalue weighted by Gasteiger charge is -2.56. The minimum absolute atomic E-state index is 0.0158. The van der Waals surface area contributed by atoms with Crippen LogP contribution in [-0.4, -0.2) is 152 Å². The SMILES string of the molecule is C[C@]12CC[C@H]3[C@@H](CC[C@@H]4C[C@@](O)(CF)CC[C@@H]43)[C@@H]1CC[C@@H]2C(=O)Cn1cc2ccncc2n1.C[C@]12CC[C@H]3[C@@H](CC[C@@H]4C[C@@](O)(CF)CC[C@@H]43)[C@@H]1CC[C@@H]2C(=O)Cn1ncc2ccncc21.C[C@]12CC[C@H]3[C@@H](CC[C@@H]4C[C@@](O)(CF)CC[C@@H]43)[C@@H]1CC[C@@H]2C(=O)Cn1ncc2ncccc21.C[C@]12CC[C@H]3[C@@H](CC[C@@H]4C[C@@](O)(CF)CC[C@@H]43)[C@@H]1CC[C@@H]2C(=O)Cn1nnc2cc(F)ccc21. The number of halogens is 5. The number of rotatable bonds is 16. The van der Waals surface area contributed by atoms with E-state index in [0.717, 1.165) is 174 Å². The first kappa shape index (κ1) is 92.0. The van der Waals surface area contributed by atoms with Gasteiger partial charge >= 0.3 is 0 Å². The van der Waals surface area contributed by atoms with Gasteiger partial charge in [-0.2, -0.15) is 15.3 Å². The zero-order valence-electron chi connectivity index (χ0n) is 78.8. The highest BCUT2D eigenvalue weighted by molar-refractivity contribution is 5.87. The number of aromatic nitrogens is 12. The Kier molecular flexibility index (Phi) is 24.8. The van der Waals surface area contributed by atoms with E-state index >= 15 is 0 Å². The van der Waals surface area contributed by atoms with Gasteiger partial charge in [-0.3, -0.25) is 48.2 Å². The Bertz CT molecular complexity index is 5400. The van der Waals surface area contributed by atoms with Crippen molar-refractivity contribution in [2.75, 3.05) is 26.7 Å². The largest absolute Gasteiger partial charge is 0.387 e. The molecule has 24 rings (SSSR count). The number of fused-ring (bicyclic) bond motifs is 24. The van der Waals surface area contributed by atoms with Crippen molar-refractivity contribution in [3.05, 3.63) is 97.9 Å². The van der Waals surface area contributed by atoms with Crippen LogP contribution in [0.25, 0.3) is 43.9 Å². The van der Waals surface area contributed by atoms with Gasteiger partial charge in [0, 0.05) is 65.3 Å². The molecule has 16 saturated carbocycles. The molecule has 0 spiro atoms. The Morgan fingerprint density at radius 3 is 1.16 bits per heavy atom. The number of Topliss-reactive ketones (excluding diaryl/α,β-unsaturated/α-hetero) is 4. The van der Waals surface area contributed by atoms with Crippen LogP contribution in [0.1, 0.15) is 259 Å². The van der Waals surface area contributed by atoms with Gasteiger partial charge in [-0.15, -0.1) is 5.10 Å². The highest BCUT2D eigenvalue weighted by Crippen LogP contribution is 2.70. The molecule has 25 heteroatoms. The van der Waals surface area contributed by atoms with Crippen molar-refractivity contribution >= 4 is 67.0 Å². The van der Waals surface area contributed by atoms with Crippen molar-refractivity contribution in [2.45, 2.75) is 307 Å². The Morgan fingerprint density at radius 1 is 0.361 bits per heavy atom. The van der Waals surface area contributed by atoms with Crippen molar-refractivity contribution in [2.24, 2.45) is 164 Å². The molecule has 8 aromatic rings. The van der Waals surface area contributed by atoms with E-state index in [-0.39, 0.29) is 63.5 Å². The van der Waals surface area contributed by atoms with Gasteiger partial charge in [0.15, 0.2) is 23.1 Å². The maximum Gasteiger partial charge on any atom is 0.157 e. The summed E-state index contributed by atoms with van der Waals surface area (Å²) in [6.07, 6.45) is 50.0. The molecule has 0 bridgehead atoms. The number of benzene rings is 1. The molecule has 0 radical (unpaired) electrons. The fourth-order valence-electron chi connectivity index (χ4n) is 35.6. The van der Waals surface area contributed by atoms with Crippen LogP contribution in [-0.2, 0) is 45.4 Å². The van der Waals surface area contributed by atoms with Crippen LogP contribution >= 0.6 is 0 Å². The predicted molar refractivity (Wildman–Crippen MR) is 496 cm³/mol. The predicted octanol–water partition coefficient (Wildman–Crippen LogP) is 20.0. The summed E-state index contributed by atoms with van der Waals surface area (Å²) < 4.78 is 74.3. The van der Waals surface area contributed by atoms with Crippen molar-refractivity contribution < 1.29 is 61.6 Å². The van der Waals surface area contributed by atoms with Crippen molar-refractivity contribution in [3.63, 3.8) is 0 Å². The summed E-state index contributed by atoms with van der Waals surface area (Å²) in [5.74, 6) is 13.5. The topological polar surface area (TPSA) is 272 Å². The Hall–Kier alpha value is -7.35.